The molecular weight excluding hydrogens is 504 g/mol. The Labute approximate surface area is 225 Å². The quantitative estimate of drug-likeness (QED) is 0.212. The highest BCUT2D eigenvalue weighted by Crippen LogP contribution is 2.33. The van der Waals surface area contributed by atoms with Crippen molar-refractivity contribution in [3.63, 3.8) is 0 Å². The molecule has 0 spiro atoms. The van der Waals surface area contributed by atoms with E-state index in [1.165, 1.54) is 4.31 Å². The fraction of sp³-hybridized carbons (Fsp3) is 0.429. The van der Waals surface area contributed by atoms with E-state index in [0.717, 1.165) is 42.8 Å². The summed E-state index contributed by atoms with van der Waals surface area (Å²) in [4.78, 5) is 12.1. The van der Waals surface area contributed by atoms with Crippen molar-refractivity contribution in [2.45, 2.75) is 45.6 Å². The zero-order chi connectivity index (χ0) is 27.7. The molecule has 0 atom stereocenters. The molecule has 3 rings (SSSR count). The second kappa shape index (κ2) is 13.4. The van der Waals surface area contributed by atoms with E-state index in [-0.39, 0.29) is 31.0 Å². The van der Waals surface area contributed by atoms with Gasteiger partial charge in [0.2, 0.25) is 10.0 Å². The van der Waals surface area contributed by atoms with Gasteiger partial charge in [-0.1, -0.05) is 44.2 Å². The molecule has 38 heavy (non-hydrogen) atoms. The standard InChI is InChI=1S/C28H38N4O5S/c1-4-36-27(33)19-38(34,35)32(16-6-8-21-7-5-9-22(17-21)28(29)30)23-10-11-26(25(18-23)20(2)3)37-24-12-14-31-15-13-24/h5-11,17-18,20,24,31H,4,12-16,19H2,1-3H3,(H3,29,30)/b8-6+. The van der Waals surface area contributed by atoms with E-state index < -0.39 is 21.7 Å². The second-order valence-electron chi connectivity index (χ2n) is 9.48. The predicted molar refractivity (Wildman–Crippen MR) is 151 cm³/mol. The fourth-order valence-corrected chi connectivity index (χ4v) is 5.53. The summed E-state index contributed by atoms with van der Waals surface area (Å²) >= 11 is 0. The highest BCUT2D eigenvalue weighted by atomic mass is 32.2. The molecule has 0 unspecified atom stereocenters. The predicted octanol–water partition coefficient (Wildman–Crippen LogP) is 3.64. The van der Waals surface area contributed by atoms with Gasteiger partial charge in [-0.2, -0.15) is 0 Å². The third kappa shape index (κ3) is 8.06. The van der Waals surface area contributed by atoms with Gasteiger partial charge in [-0.25, -0.2) is 8.42 Å². The summed E-state index contributed by atoms with van der Waals surface area (Å²) in [7, 11) is -4.05. The van der Waals surface area contributed by atoms with Crippen molar-refractivity contribution in [3.05, 3.63) is 65.2 Å². The van der Waals surface area contributed by atoms with Crippen LogP contribution < -0.4 is 20.1 Å². The molecule has 1 saturated heterocycles. The smallest absolute Gasteiger partial charge is 0.323 e. The van der Waals surface area contributed by atoms with E-state index in [1.54, 1.807) is 43.3 Å². The van der Waals surface area contributed by atoms with Gasteiger partial charge in [-0.15, -0.1) is 0 Å². The number of esters is 1. The number of ether oxygens (including phenoxy) is 2. The maximum Gasteiger partial charge on any atom is 0.323 e. The van der Waals surface area contributed by atoms with Crippen LogP contribution in [0.15, 0.2) is 48.5 Å². The minimum Gasteiger partial charge on any atom is -0.490 e. The highest BCUT2D eigenvalue weighted by Gasteiger charge is 2.27. The van der Waals surface area contributed by atoms with E-state index in [1.807, 2.05) is 32.0 Å². The topological polar surface area (TPSA) is 135 Å². The summed E-state index contributed by atoms with van der Waals surface area (Å²) in [5.74, 6) is -0.780. The normalized spacial score (nSPS) is 14.5. The molecule has 1 fully saturated rings. The molecule has 4 N–H and O–H groups in total. The summed E-state index contributed by atoms with van der Waals surface area (Å²) in [5, 5.41) is 11.0. The largest absolute Gasteiger partial charge is 0.490 e. The van der Waals surface area contributed by atoms with Gasteiger partial charge in [-0.3, -0.25) is 14.5 Å². The number of carbonyl (C=O) groups is 1. The number of benzene rings is 2. The molecule has 10 heteroatoms. The van der Waals surface area contributed by atoms with Gasteiger partial charge >= 0.3 is 5.97 Å². The lowest BCUT2D eigenvalue weighted by Gasteiger charge is -2.28. The first-order valence-corrected chi connectivity index (χ1v) is 14.5. The summed E-state index contributed by atoms with van der Waals surface area (Å²) in [5.41, 5.74) is 8.28. The Balaban J connectivity index is 1.93. The molecule has 0 aromatic heterocycles. The average molecular weight is 543 g/mol. The number of nitrogens with zero attached hydrogens (tertiary/aromatic N) is 1. The number of nitrogens with two attached hydrogens (primary N) is 1. The van der Waals surface area contributed by atoms with Crippen molar-refractivity contribution in [2.24, 2.45) is 5.73 Å². The van der Waals surface area contributed by atoms with Gasteiger partial charge in [0.05, 0.1) is 18.8 Å². The number of rotatable bonds is 12. The molecule has 1 aliphatic heterocycles. The van der Waals surface area contributed by atoms with Crippen LogP contribution in [-0.4, -0.2) is 58.3 Å². The monoisotopic (exact) mass is 542 g/mol. The number of carbonyl (C=O) groups excluding carboxylic acids is 1. The SMILES string of the molecule is CCOC(=O)CS(=O)(=O)N(C/C=C/c1cccc(C(=N)N)c1)c1ccc(OC2CCNCC2)c(C(C)C)c1. The van der Waals surface area contributed by atoms with Crippen LogP contribution >= 0.6 is 0 Å². The third-order valence-corrected chi connectivity index (χ3v) is 7.84. The molecule has 0 saturated carbocycles. The Kier molecular flexibility index (Phi) is 10.3. The summed E-state index contributed by atoms with van der Waals surface area (Å²) < 4.78 is 39.2. The number of hydrogen-bond acceptors (Lipinski definition) is 7. The summed E-state index contributed by atoms with van der Waals surface area (Å²) in [6.45, 7) is 7.61. The Morgan fingerprint density at radius 2 is 1.95 bits per heavy atom. The minimum atomic E-state index is -4.05. The molecule has 0 radical (unpaired) electrons. The van der Waals surface area contributed by atoms with Crippen molar-refractivity contribution >= 4 is 33.6 Å². The van der Waals surface area contributed by atoms with Gasteiger partial charge in [-0.05, 0) is 74.2 Å². The number of sulfonamides is 1. The van der Waals surface area contributed by atoms with Crippen LogP contribution in [0.4, 0.5) is 5.69 Å². The number of nitrogens with one attached hydrogen (secondary N) is 2. The Hall–Kier alpha value is -3.37. The first-order chi connectivity index (χ1) is 18.1. The lowest BCUT2D eigenvalue weighted by Crippen LogP contribution is -2.36. The number of hydrogen-bond donors (Lipinski definition) is 3. The van der Waals surface area contributed by atoms with Crippen LogP contribution in [0.2, 0.25) is 0 Å². The van der Waals surface area contributed by atoms with Gasteiger partial charge in [0, 0.05) is 5.56 Å². The second-order valence-corrected chi connectivity index (χ2v) is 11.4. The maximum atomic E-state index is 13.4. The van der Waals surface area contributed by atoms with Crippen LogP contribution in [0.5, 0.6) is 5.75 Å². The van der Waals surface area contributed by atoms with Gasteiger partial charge in [0.1, 0.15) is 17.7 Å². The Morgan fingerprint density at radius 3 is 2.61 bits per heavy atom. The molecule has 9 nitrogen and oxygen atoms in total. The first-order valence-electron chi connectivity index (χ1n) is 12.9. The van der Waals surface area contributed by atoms with Crippen molar-refractivity contribution in [2.75, 3.05) is 36.3 Å². The number of piperidine rings is 1. The zero-order valence-electron chi connectivity index (χ0n) is 22.3. The Morgan fingerprint density at radius 1 is 1.21 bits per heavy atom. The van der Waals surface area contributed by atoms with Crippen LogP contribution in [-0.2, 0) is 19.6 Å². The number of nitrogen functional groups attached to an aromatic ring is 1. The van der Waals surface area contributed by atoms with Crippen molar-refractivity contribution in [3.8, 4) is 5.75 Å². The minimum absolute atomic E-state index is 0.00191. The van der Waals surface area contributed by atoms with Crippen LogP contribution in [0.1, 0.15) is 56.2 Å². The van der Waals surface area contributed by atoms with E-state index in [2.05, 4.69) is 5.32 Å². The summed E-state index contributed by atoms with van der Waals surface area (Å²) in [6.07, 6.45) is 5.40. The van der Waals surface area contributed by atoms with Crippen LogP contribution in [0.25, 0.3) is 6.08 Å². The van der Waals surface area contributed by atoms with E-state index in [4.69, 9.17) is 20.6 Å². The molecule has 0 amide bonds. The van der Waals surface area contributed by atoms with Gasteiger partial charge in [0.15, 0.2) is 5.75 Å². The molecule has 0 bridgehead atoms. The lowest BCUT2D eigenvalue weighted by atomic mass is 10.0. The van der Waals surface area contributed by atoms with E-state index in [0.29, 0.717) is 11.3 Å². The average Bonchev–Trinajstić information content (AvgIpc) is 2.87. The molecule has 2 aromatic rings. The fourth-order valence-electron chi connectivity index (χ4n) is 4.25. The van der Waals surface area contributed by atoms with E-state index in [9.17, 15) is 13.2 Å². The van der Waals surface area contributed by atoms with Gasteiger partial charge in [0.25, 0.3) is 0 Å². The summed E-state index contributed by atoms with van der Waals surface area (Å²) in [6, 6.07) is 12.5. The van der Waals surface area contributed by atoms with Crippen LogP contribution in [0, 0.1) is 5.41 Å². The third-order valence-electron chi connectivity index (χ3n) is 6.20. The van der Waals surface area contributed by atoms with Crippen molar-refractivity contribution in [1.29, 1.82) is 5.41 Å². The van der Waals surface area contributed by atoms with Gasteiger partial charge < -0.3 is 20.5 Å². The van der Waals surface area contributed by atoms with Crippen molar-refractivity contribution in [1.82, 2.24) is 5.32 Å². The Bertz CT molecular complexity index is 1250. The molecule has 2 aromatic carbocycles. The molecule has 1 aliphatic rings. The molecule has 1 heterocycles. The highest BCUT2D eigenvalue weighted by molar-refractivity contribution is 7.93. The number of amidine groups is 1. The maximum absolute atomic E-state index is 13.4. The molecule has 206 valence electrons. The lowest BCUT2D eigenvalue weighted by molar-refractivity contribution is -0.139. The van der Waals surface area contributed by atoms with Crippen molar-refractivity contribution < 1.29 is 22.7 Å². The first kappa shape index (κ1) is 29.2. The van der Waals surface area contributed by atoms with E-state index >= 15 is 0 Å². The molecule has 0 aliphatic carbocycles. The number of anilines is 1. The molecular formula is C28H38N4O5S. The van der Waals surface area contributed by atoms with Crippen LogP contribution in [0.3, 0.4) is 0 Å². The zero-order valence-corrected chi connectivity index (χ0v) is 23.1.